The van der Waals surface area contributed by atoms with Crippen LogP contribution in [0, 0.1) is 5.82 Å². The largest absolute Gasteiger partial charge is 0.314 e. The SMILES string of the molecule is CN(CCN1CCNCC1)Cc1ccc(F)c(Cl)c1.Cl.Cl. The van der Waals surface area contributed by atoms with E-state index in [9.17, 15) is 4.39 Å². The molecule has 1 aliphatic heterocycles. The van der Waals surface area contributed by atoms with Gasteiger partial charge in [0, 0.05) is 45.8 Å². The zero-order valence-electron chi connectivity index (χ0n) is 12.1. The molecule has 0 bridgehead atoms. The van der Waals surface area contributed by atoms with Crippen molar-refractivity contribution in [3.05, 3.63) is 34.6 Å². The molecule has 1 fully saturated rings. The van der Waals surface area contributed by atoms with Gasteiger partial charge in [0.15, 0.2) is 0 Å². The van der Waals surface area contributed by atoms with E-state index in [-0.39, 0.29) is 35.7 Å². The van der Waals surface area contributed by atoms with Gasteiger partial charge >= 0.3 is 0 Å². The smallest absolute Gasteiger partial charge is 0.141 e. The highest BCUT2D eigenvalue weighted by Gasteiger charge is 2.10. The minimum Gasteiger partial charge on any atom is -0.314 e. The van der Waals surface area contributed by atoms with Gasteiger partial charge in [0.2, 0.25) is 0 Å². The Labute approximate surface area is 143 Å². The Morgan fingerprint density at radius 1 is 1.29 bits per heavy atom. The second-order valence-corrected chi connectivity index (χ2v) is 5.49. The lowest BCUT2D eigenvalue weighted by Crippen LogP contribution is -2.45. The topological polar surface area (TPSA) is 18.5 Å². The number of likely N-dealkylation sites (N-methyl/N-ethyl adjacent to an activating group) is 1. The zero-order chi connectivity index (χ0) is 13.7. The molecule has 122 valence electrons. The fourth-order valence-corrected chi connectivity index (χ4v) is 2.48. The maximum absolute atomic E-state index is 13.1. The van der Waals surface area contributed by atoms with Crippen LogP contribution in [-0.4, -0.2) is 56.1 Å². The first-order chi connectivity index (χ1) is 9.15. The van der Waals surface area contributed by atoms with Crippen LogP contribution in [0.2, 0.25) is 5.02 Å². The van der Waals surface area contributed by atoms with Crippen molar-refractivity contribution < 1.29 is 4.39 Å². The van der Waals surface area contributed by atoms with Crippen LogP contribution in [0.25, 0.3) is 0 Å². The van der Waals surface area contributed by atoms with E-state index < -0.39 is 0 Å². The predicted molar refractivity (Wildman–Crippen MR) is 91.5 cm³/mol. The Morgan fingerprint density at radius 2 is 1.95 bits per heavy atom. The third-order valence-electron chi connectivity index (χ3n) is 3.44. The first kappa shape index (κ1) is 20.9. The van der Waals surface area contributed by atoms with Crippen molar-refractivity contribution >= 4 is 36.4 Å². The Kier molecular flexibility index (Phi) is 10.5. The molecule has 1 aliphatic rings. The average molecular weight is 359 g/mol. The highest BCUT2D eigenvalue weighted by molar-refractivity contribution is 6.30. The number of benzene rings is 1. The zero-order valence-corrected chi connectivity index (χ0v) is 14.5. The van der Waals surface area contributed by atoms with Gasteiger partial charge in [-0.15, -0.1) is 24.8 Å². The highest BCUT2D eigenvalue weighted by atomic mass is 35.5. The molecule has 2 rings (SSSR count). The normalized spacial score (nSPS) is 15.4. The van der Waals surface area contributed by atoms with Gasteiger partial charge in [-0.1, -0.05) is 17.7 Å². The summed E-state index contributed by atoms with van der Waals surface area (Å²) in [5.41, 5.74) is 1.05. The van der Waals surface area contributed by atoms with Crippen molar-refractivity contribution in [3.63, 3.8) is 0 Å². The van der Waals surface area contributed by atoms with Gasteiger partial charge in [0.1, 0.15) is 5.82 Å². The number of hydrogen-bond donors (Lipinski definition) is 1. The van der Waals surface area contributed by atoms with Crippen LogP contribution < -0.4 is 5.32 Å². The molecule has 0 unspecified atom stereocenters. The van der Waals surface area contributed by atoms with Crippen LogP contribution in [0.1, 0.15) is 5.56 Å². The standard InChI is InChI=1S/C14H21ClFN3.2ClH/c1-18(8-9-19-6-4-17-5-7-19)11-12-2-3-14(16)13(15)10-12;;/h2-3,10,17H,4-9,11H2,1H3;2*1H. The number of halogens is 4. The molecule has 0 aromatic heterocycles. The molecular weight excluding hydrogens is 336 g/mol. The fraction of sp³-hybridized carbons (Fsp3) is 0.571. The quantitative estimate of drug-likeness (QED) is 0.873. The third-order valence-corrected chi connectivity index (χ3v) is 3.73. The minimum atomic E-state index is -0.353. The molecule has 1 N–H and O–H groups in total. The predicted octanol–water partition coefficient (Wildman–Crippen LogP) is 2.66. The number of rotatable bonds is 5. The maximum atomic E-state index is 13.1. The Bertz CT molecular complexity index is 414. The van der Waals surface area contributed by atoms with E-state index in [4.69, 9.17) is 11.6 Å². The molecule has 1 aromatic rings. The van der Waals surface area contributed by atoms with E-state index in [0.29, 0.717) is 0 Å². The van der Waals surface area contributed by atoms with Crippen molar-refractivity contribution in [2.24, 2.45) is 0 Å². The van der Waals surface area contributed by atoms with Crippen LogP contribution in [0.4, 0.5) is 4.39 Å². The summed E-state index contributed by atoms with van der Waals surface area (Å²) >= 11 is 5.79. The minimum absolute atomic E-state index is 0. The van der Waals surface area contributed by atoms with Gasteiger partial charge in [0.25, 0.3) is 0 Å². The van der Waals surface area contributed by atoms with Crippen LogP contribution >= 0.6 is 36.4 Å². The van der Waals surface area contributed by atoms with E-state index in [1.807, 2.05) is 0 Å². The molecule has 0 atom stereocenters. The summed E-state index contributed by atoms with van der Waals surface area (Å²) < 4.78 is 13.1. The van der Waals surface area contributed by atoms with E-state index in [1.165, 1.54) is 6.07 Å². The summed E-state index contributed by atoms with van der Waals surface area (Å²) in [7, 11) is 2.08. The average Bonchev–Trinajstić information content (AvgIpc) is 2.42. The summed E-state index contributed by atoms with van der Waals surface area (Å²) in [6.45, 7) is 7.29. The summed E-state index contributed by atoms with van der Waals surface area (Å²) in [4.78, 5) is 4.70. The van der Waals surface area contributed by atoms with Crippen molar-refractivity contribution in [1.82, 2.24) is 15.1 Å². The first-order valence-corrected chi connectivity index (χ1v) is 7.08. The van der Waals surface area contributed by atoms with Gasteiger partial charge in [0.05, 0.1) is 5.02 Å². The van der Waals surface area contributed by atoms with Gasteiger partial charge < -0.3 is 10.2 Å². The van der Waals surface area contributed by atoms with Gasteiger partial charge in [-0.3, -0.25) is 4.90 Å². The number of hydrogen-bond acceptors (Lipinski definition) is 3. The maximum Gasteiger partial charge on any atom is 0.141 e. The monoisotopic (exact) mass is 357 g/mol. The molecule has 0 spiro atoms. The van der Waals surface area contributed by atoms with Crippen molar-refractivity contribution in [2.45, 2.75) is 6.54 Å². The third kappa shape index (κ3) is 7.13. The molecule has 21 heavy (non-hydrogen) atoms. The Hall–Kier alpha value is -0.100. The van der Waals surface area contributed by atoms with Gasteiger partial charge in [-0.2, -0.15) is 0 Å². The van der Waals surface area contributed by atoms with Crippen LogP contribution in [0.15, 0.2) is 18.2 Å². The van der Waals surface area contributed by atoms with Crippen LogP contribution in [0.3, 0.4) is 0 Å². The van der Waals surface area contributed by atoms with Crippen molar-refractivity contribution in [2.75, 3.05) is 46.3 Å². The van der Waals surface area contributed by atoms with Crippen LogP contribution in [-0.2, 0) is 6.54 Å². The summed E-state index contributed by atoms with van der Waals surface area (Å²) in [6.07, 6.45) is 0. The lowest BCUT2D eigenvalue weighted by molar-refractivity contribution is 0.202. The summed E-state index contributed by atoms with van der Waals surface area (Å²) in [5, 5.41) is 3.55. The molecule has 1 saturated heterocycles. The number of nitrogens with one attached hydrogen (secondary N) is 1. The summed E-state index contributed by atoms with van der Waals surface area (Å²) in [6, 6.07) is 4.93. The fourth-order valence-electron chi connectivity index (χ4n) is 2.28. The molecular formula is C14H23Cl3FN3. The van der Waals surface area contributed by atoms with E-state index in [2.05, 4.69) is 22.2 Å². The highest BCUT2D eigenvalue weighted by Crippen LogP contribution is 2.16. The lowest BCUT2D eigenvalue weighted by Gasteiger charge is -2.29. The van der Waals surface area contributed by atoms with Gasteiger partial charge in [-0.25, -0.2) is 4.39 Å². The van der Waals surface area contributed by atoms with Crippen molar-refractivity contribution in [1.29, 1.82) is 0 Å². The van der Waals surface area contributed by atoms with E-state index >= 15 is 0 Å². The number of nitrogens with zero attached hydrogens (tertiary/aromatic N) is 2. The van der Waals surface area contributed by atoms with Crippen molar-refractivity contribution in [3.8, 4) is 0 Å². The van der Waals surface area contributed by atoms with Crippen LogP contribution in [0.5, 0.6) is 0 Å². The molecule has 3 nitrogen and oxygen atoms in total. The molecule has 0 amide bonds. The molecule has 0 aliphatic carbocycles. The first-order valence-electron chi connectivity index (χ1n) is 6.71. The Morgan fingerprint density at radius 3 is 2.57 bits per heavy atom. The lowest BCUT2D eigenvalue weighted by atomic mass is 10.2. The van der Waals surface area contributed by atoms with Gasteiger partial charge in [-0.05, 0) is 24.7 Å². The second-order valence-electron chi connectivity index (χ2n) is 5.08. The second kappa shape index (κ2) is 10.6. The molecule has 1 aromatic carbocycles. The molecule has 7 heteroatoms. The van der Waals surface area contributed by atoms with E-state index in [0.717, 1.165) is 51.4 Å². The van der Waals surface area contributed by atoms with E-state index in [1.54, 1.807) is 12.1 Å². The summed E-state index contributed by atoms with van der Waals surface area (Å²) in [5.74, 6) is -0.353. The number of piperazine rings is 1. The molecule has 0 radical (unpaired) electrons. The molecule has 0 saturated carbocycles. The molecule has 1 heterocycles. The Balaban J connectivity index is 0.00000200.